The molecule has 0 spiro atoms. The number of rotatable bonds is 7. The summed E-state index contributed by atoms with van der Waals surface area (Å²) in [5.74, 6) is -0.0181. The Morgan fingerprint density at radius 3 is 2.78 bits per heavy atom. The average Bonchev–Trinajstić information content (AvgIpc) is 2.39. The Balaban J connectivity index is 2.73. The van der Waals surface area contributed by atoms with Crippen LogP contribution >= 0.6 is 15.9 Å². The van der Waals surface area contributed by atoms with E-state index in [-0.39, 0.29) is 11.9 Å². The second kappa shape index (κ2) is 8.27. The zero-order valence-electron chi connectivity index (χ0n) is 10.9. The van der Waals surface area contributed by atoms with E-state index in [0.717, 1.165) is 29.3 Å². The Morgan fingerprint density at radius 2 is 2.17 bits per heavy atom. The van der Waals surface area contributed by atoms with Gasteiger partial charge in [0.05, 0.1) is 12.6 Å². The quantitative estimate of drug-likeness (QED) is 0.786. The molecule has 18 heavy (non-hydrogen) atoms. The molecule has 1 N–H and O–H groups in total. The highest BCUT2D eigenvalue weighted by Gasteiger charge is 2.15. The Morgan fingerprint density at radius 1 is 1.44 bits per heavy atom. The van der Waals surface area contributed by atoms with Gasteiger partial charge < -0.3 is 10.1 Å². The molecule has 1 atom stereocenters. The third kappa shape index (κ3) is 4.42. The number of hydrogen-bond donors (Lipinski definition) is 1. The fourth-order valence-electron chi connectivity index (χ4n) is 1.84. The molecule has 1 amide bonds. The van der Waals surface area contributed by atoms with E-state index >= 15 is 0 Å². The van der Waals surface area contributed by atoms with Gasteiger partial charge in [0.15, 0.2) is 0 Å². The van der Waals surface area contributed by atoms with Gasteiger partial charge >= 0.3 is 0 Å². The topological polar surface area (TPSA) is 38.3 Å². The highest BCUT2D eigenvalue weighted by molar-refractivity contribution is 9.09. The first-order valence-electron chi connectivity index (χ1n) is 6.16. The summed E-state index contributed by atoms with van der Waals surface area (Å²) in [6, 6.07) is 7.76. The molecule has 0 saturated carbocycles. The molecule has 4 heteroatoms. The van der Waals surface area contributed by atoms with Crippen molar-refractivity contribution in [1.82, 2.24) is 5.32 Å². The van der Waals surface area contributed by atoms with E-state index in [1.54, 1.807) is 7.11 Å². The van der Waals surface area contributed by atoms with Crippen LogP contribution in [0.5, 0.6) is 0 Å². The highest BCUT2D eigenvalue weighted by atomic mass is 79.9. The maximum absolute atomic E-state index is 12.2. The number of amides is 1. The van der Waals surface area contributed by atoms with Crippen LogP contribution in [-0.4, -0.2) is 31.0 Å². The molecular formula is C14H20BrNO2. The van der Waals surface area contributed by atoms with Gasteiger partial charge in [0.1, 0.15) is 0 Å². The van der Waals surface area contributed by atoms with Crippen molar-refractivity contribution in [1.29, 1.82) is 0 Å². The Kier molecular flexibility index (Phi) is 6.98. The van der Waals surface area contributed by atoms with Crippen LogP contribution in [0, 0.1) is 0 Å². The molecular weight excluding hydrogens is 294 g/mol. The summed E-state index contributed by atoms with van der Waals surface area (Å²) >= 11 is 3.39. The van der Waals surface area contributed by atoms with Gasteiger partial charge in [-0.2, -0.15) is 0 Å². The lowest BCUT2D eigenvalue weighted by molar-refractivity contribution is 0.0894. The van der Waals surface area contributed by atoms with E-state index in [9.17, 15) is 4.79 Å². The molecule has 100 valence electrons. The van der Waals surface area contributed by atoms with Gasteiger partial charge in [0, 0.05) is 18.0 Å². The highest BCUT2D eigenvalue weighted by Crippen LogP contribution is 2.10. The number of carbonyl (C=O) groups is 1. The van der Waals surface area contributed by atoms with Gasteiger partial charge in [0.2, 0.25) is 0 Å². The molecule has 1 aromatic rings. The summed E-state index contributed by atoms with van der Waals surface area (Å²) in [6.45, 7) is 2.59. The van der Waals surface area contributed by atoms with Gasteiger partial charge in [-0.05, 0) is 24.5 Å². The van der Waals surface area contributed by atoms with Crippen molar-refractivity contribution in [2.24, 2.45) is 0 Å². The van der Waals surface area contributed by atoms with Gasteiger partial charge in [-0.3, -0.25) is 4.79 Å². The number of aryl methyl sites for hydroxylation is 1. The zero-order valence-corrected chi connectivity index (χ0v) is 12.5. The van der Waals surface area contributed by atoms with Crippen LogP contribution in [0.15, 0.2) is 24.3 Å². The number of nitrogens with one attached hydrogen (secondary N) is 1. The standard InChI is InChI=1S/C14H20BrNO2/c1-3-11-6-4-5-7-13(11)14(17)16-12(8-9-15)10-18-2/h4-7,12H,3,8-10H2,1-2H3,(H,16,17). The van der Waals surface area contributed by atoms with E-state index in [1.165, 1.54) is 0 Å². The molecule has 0 fully saturated rings. The lowest BCUT2D eigenvalue weighted by Crippen LogP contribution is -2.38. The third-order valence-corrected chi connectivity index (χ3v) is 3.26. The first kappa shape index (κ1) is 15.2. The second-order valence-electron chi connectivity index (χ2n) is 4.11. The van der Waals surface area contributed by atoms with E-state index in [1.807, 2.05) is 24.3 Å². The number of benzene rings is 1. The number of hydrogen-bond acceptors (Lipinski definition) is 2. The number of alkyl halides is 1. The van der Waals surface area contributed by atoms with E-state index in [2.05, 4.69) is 28.2 Å². The maximum Gasteiger partial charge on any atom is 0.251 e. The molecule has 0 heterocycles. The Hall–Kier alpha value is -0.870. The molecule has 0 saturated heterocycles. The van der Waals surface area contributed by atoms with Crippen LogP contribution in [0.3, 0.4) is 0 Å². The molecule has 1 aromatic carbocycles. The van der Waals surface area contributed by atoms with Crippen LogP contribution in [0.1, 0.15) is 29.3 Å². The average molecular weight is 314 g/mol. The molecule has 0 aliphatic rings. The van der Waals surface area contributed by atoms with Crippen LogP contribution in [-0.2, 0) is 11.2 Å². The van der Waals surface area contributed by atoms with Crippen LogP contribution < -0.4 is 5.32 Å². The van der Waals surface area contributed by atoms with Crippen molar-refractivity contribution in [3.05, 3.63) is 35.4 Å². The molecule has 0 aliphatic carbocycles. The monoisotopic (exact) mass is 313 g/mol. The predicted octanol–water partition coefficient (Wildman–Crippen LogP) is 2.78. The number of ether oxygens (including phenoxy) is 1. The minimum absolute atomic E-state index is 0.0181. The van der Waals surface area contributed by atoms with E-state index < -0.39 is 0 Å². The molecule has 0 radical (unpaired) electrons. The normalized spacial score (nSPS) is 12.2. The predicted molar refractivity (Wildman–Crippen MR) is 77.4 cm³/mol. The van der Waals surface area contributed by atoms with Crippen molar-refractivity contribution in [3.8, 4) is 0 Å². The Labute approximate surface area is 117 Å². The largest absolute Gasteiger partial charge is 0.383 e. The van der Waals surface area contributed by atoms with Crippen LogP contribution in [0.4, 0.5) is 0 Å². The van der Waals surface area contributed by atoms with E-state index in [4.69, 9.17) is 4.74 Å². The maximum atomic E-state index is 12.2. The van der Waals surface area contributed by atoms with Crippen molar-refractivity contribution >= 4 is 21.8 Å². The fourth-order valence-corrected chi connectivity index (χ4v) is 2.40. The number of methoxy groups -OCH3 is 1. The van der Waals surface area contributed by atoms with Gasteiger partial charge in [-0.25, -0.2) is 0 Å². The minimum Gasteiger partial charge on any atom is -0.383 e. The molecule has 1 rings (SSSR count). The molecule has 0 aliphatic heterocycles. The summed E-state index contributed by atoms with van der Waals surface area (Å²) in [5, 5.41) is 3.86. The smallest absolute Gasteiger partial charge is 0.251 e. The van der Waals surface area contributed by atoms with Crippen molar-refractivity contribution in [2.45, 2.75) is 25.8 Å². The molecule has 3 nitrogen and oxygen atoms in total. The first-order valence-corrected chi connectivity index (χ1v) is 7.28. The SMILES string of the molecule is CCc1ccccc1C(=O)NC(CCBr)COC. The van der Waals surface area contributed by atoms with Crippen molar-refractivity contribution in [2.75, 3.05) is 19.0 Å². The fraction of sp³-hybridized carbons (Fsp3) is 0.500. The first-order chi connectivity index (χ1) is 8.72. The zero-order chi connectivity index (χ0) is 13.4. The minimum atomic E-state index is -0.0181. The number of halogens is 1. The van der Waals surface area contributed by atoms with Gasteiger partial charge in [-0.15, -0.1) is 0 Å². The summed E-state index contributed by atoms with van der Waals surface area (Å²) in [4.78, 5) is 12.2. The number of carbonyl (C=O) groups excluding carboxylic acids is 1. The van der Waals surface area contributed by atoms with Gasteiger partial charge in [0.25, 0.3) is 5.91 Å². The summed E-state index contributed by atoms with van der Waals surface area (Å²) < 4.78 is 5.11. The van der Waals surface area contributed by atoms with Crippen LogP contribution in [0.25, 0.3) is 0 Å². The van der Waals surface area contributed by atoms with Crippen molar-refractivity contribution < 1.29 is 9.53 Å². The molecule has 1 unspecified atom stereocenters. The summed E-state index contributed by atoms with van der Waals surface area (Å²) in [7, 11) is 1.65. The Bertz CT molecular complexity index is 376. The lowest BCUT2D eigenvalue weighted by atomic mass is 10.0. The third-order valence-electron chi connectivity index (χ3n) is 2.80. The molecule has 0 bridgehead atoms. The summed E-state index contributed by atoms with van der Waals surface area (Å²) in [5.41, 5.74) is 1.83. The van der Waals surface area contributed by atoms with Crippen molar-refractivity contribution in [3.63, 3.8) is 0 Å². The lowest BCUT2D eigenvalue weighted by Gasteiger charge is -2.17. The van der Waals surface area contributed by atoms with Gasteiger partial charge in [-0.1, -0.05) is 41.1 Å². The summed E-state index contributed by atoms with van der Waals surface area (Å²) in [6.07, 6.45) is 1.71. The molecule has 0 aromatic heterocycles. The van der Waals surface area contributed by atoms with E-state index in [0.29, 0.717) is 6.61 Å². The van der Waals surface area contributed by atoms with Crippen LogP contribution in [0.2, 0.25) is 0 Å². The second-order valence-corrected chi connectivity index (χ2v) is 4.91.